The van der Waals surface area contributed by atoms with Crippen LogP contribution in [-0.2, 0) is 0 Å². The third-order valence-corrected chi connectivity index (χ3v) is 3.34. The van der Waals surface area contributed by atoms with E-state index in [0.29, 0.717) is 0 Å². The Morgan fingerprint density at radius 2 is 1.79 bits per heavy atom. The molecule has 2 aromatic carbocycles. The fourth-order valence-corrected chi connectivity index (χ4v) is 2.13. The van der Waals surface area contributed by atoms with Crippen LogP contribution in [0.5, 0.6) is 11.5 Å². The van der Waals surface area contributed by atoms with Crippen LogP contribution in [-0.4, -0.2) is 14.1 Å². The molecule has 1 heterocycles. The number of nitrogen functional groups attached to an aromatic ring is 1. The summed E-state index contributed by atoms with van der Waals surface area (Å²) in [4.78, 5) is 2.04. The van der Waals surface area contributed by atoms with Crippen molar-refractivity contribution in [3.63, 3.8) is 0 Å². The summed E-state index contributed by atoms with van der Waals surface area (Å²) in [5.74, 6) is 1.59. The van der Waals surface area contributed by atoms with Crippen molar-refractivity contribution >= 4 is 22.7 Å². The predicted molar refractivity (Wildman–Crippen MR) is 79.7 cm³/mol. The Morgan fingerprint density at radius 3 is 2.53 bits per heavy atom. The first-order chi connectivity index (χ1) is 9.04. The summed E-state index contributed by atoms with van der Waals surface area (Å²) < 4.78 is 5.93. The van der Waals surface area contributed by atoms with Crippen molar-refractivity contribution in [2.45, 2.75) is 6.92 Å². The van der Waals surface area contributed by atoms with Crippen LogP contribution in [0.1, 0.15) is 5.56 Å². The van der Waals surface area contributed by atoms with Crippen molar-refractivity contribution in [1.82, 2.24) is 0 Å². The number of benzene rings is 2. The van der Waals surface area contributed by atoms with E-state index in [9.17, 15) is 0 Å². The maximum Gasteiger partial charge on any atom is 0.153 e. The molecule has 1 aliphatic heterocycles. The van der Waals surface area contributed by atoms with E-state index < -0.39 is 0 Å². The molecular weight excluding hydrogens is 238 g/mol. The second-order valence-electron chi connectivity index (χ2n) is 5.01. The minimum Gasteiger partial charge on any atom is -0.453 e. The van der Waals surface area contributed by atoms with Gasteiger partial charge < -0.3 is 20.7 Å². The van der Waals surface area contributed by atoms with E-state index in [-0.39, 0.29) is 0 Å². The smallest absolute Gasteiger partial charge is 0.153 e. The molecule has 0 spiro atoms. The summed E-state index contributed by atoms with van der Waals surface area (Å²) in [5.41, 5.74) is 10.7. The van der Waals surface area contributed by atoms with Gasteiger partial charge in [-0.25, -0.2) is 0 Å². The fraction of sp³-hybridized carbons (Fsp3) is 0.200. The summed E-state index contributed by atoms with van der Waals surface area (Å²) in [5, 5.41) is 3.38. The van der Waals surface area contributed by atoms with E-state index >= 15 is 0 Å². The van der Waals surface area contributed by atoms with E-state index in [1.807, 2.05) is 50.2 Å². The Kier molecular flexibility index (Phi) is 2.52. The van der Waals surface area contributed by atoms with E-state index in [1.165, 1.54) is 0 Å². The molecule has 4 nitrogen and oxygen atoms in total. The van der Waals surface area contributed by atoms with Crippen LogP contribution in [0.3, 0.4) is 0 Å². The number of aryl methyl sites for hydroxylation is 1. The molecule has 2 aromatic rings. The van der Waals surface area contributed by atoms with Gasteiger partial charge in [0.1, 0.15) is 0 Å². The normalized spacial score (nSPS) is 11.9. The van der Waals surface area contributed by atoms with Crippen molar-refractivity contribution in [3.05, 3.63) is 35.9 Å². The van der Waals surface area contributed by atoms with Gasteiger partial charge in [-0.15, -0.1) is 0 Å². The predicted octanol–water partition coefficient (Wildman–Crippen LogP) is 3.49. The zero-order valence-electron chi connectivity index (χ0n) is 11.3. The molecule has 0 aromatic heterocycles. The largest absolute Gasteiger partial charge is 0.453 e. The van der Waals surface area contributed by atoms with Crippen molar-refractivity contribution < 1.29 is 4.74 Å². The average Bonchev–Trinajstić information content (AvgIpc) is 2.37. The highest BCUT2D eigenvalue weighted by atomic mass is 16.5. The topological polar surface area (TPSA) is 50.5 Å². The zero-order chi connectivity index (χ0) is 13.6. The van der Waals surface area contributed by atoms with Gasteiger partial charge in [-0.1, -0.05) is 0 Å². The first-order valence-electron chi connectivity index (χ1n) is 6.21. The minimum atomic E-state index is 0.743. The highest BCUT2D eigenvalue weighted by molar-refractivity contribution is 5.79. The standard InChI is InChI=1S/C15H17N3O/c1-9-6-13-15(8-11(9)16)19-14-7-10(18(2)3)4-5-12(14)17-13/h4-8,17H,16H2,1-3H3. The van der Waals surface area contributed by atoms with Gasteiger partial charge in [-0.3, -0.25) is 0 Å². The zero-order valence-corrected chi connectivity index (χ0v) is 11.3. The number of hydrogen-bond acceptors (Lipinski definition) is 4. The van der Waals surface area contributed by atoms with Gasteiger partial charge in [0.25, 0.3) is 0 Å². The van der Waals surface area contributed by atoms with Crippen LogP contribution in [0, 0.1) is 6.92 Å². The molecule has 0 bridgehead atoms. The van der Waals surface area contributed by atoms with Crippen LogP contribution in [0.2, 0.25) is 0 Å². The summed E-state index contributed by atoms with van der Waals surface area (Å²) in [6, 6.07) is 9.97. The number of hydrogen-bond donors (Lipinski definition) is 2. The van der Waals surface area contributed by atoms with Crippen molar-refractivity contribution in [2.75, 3.05) is 30.0 Å². The van der Waals surface area contributed by atoms with Crippen molar-refractivity contribution in [1.29, 1.82) is 0 Å². The van der Waals surface area contributed by atoms with Crippen LogP contribution in [0.25, 0.3) is 0 Å². The Balaban J connectivity index is 2.04. The first kappa shape index (κ1) is 11.7. The Hall–Kier alpha value is -2.36. The summed E-state index contributed by atoms with van der Waals surface area (Å²) >= 11 is 0. The number of ether oxygens (including phenoxy) is 1. The molecule has 98 valence electrons. The molecule has 0 saturated carbocycles. The second kappa shape index (κ2) is 4.09. The van der Waals surface area contributed by atoms with Gasteiger partial charge in [0.15, 0.2) is 11.5 Å². The van der Waals surface area contributed by atoms with Crippen LogP contribution in [0.4, 0.5) is 22.7 Å². The molecule has 0 unspecified atom stereocenters. The van der Waals surface area contributed by atoms with Crippen LogP contribution < -0.4 is 20.7 Å². The highest BCUT2D eigenvalue weighted by Crippen LogP contribution is 2.44. The highest BCUT2D eigenvalue weighted by Gasteiger charge is 2.18. The van der Waals surface area contributed by atoms with Gasteiger partial charge in [-0.05, 0) is 30.7 Å². The Bertz CT molecular complexity index is 650. The molecule has 0 fully saturated rings. The van der Waals surface area contributed by atoms with Gasteiger partial charge in [-0.2, -0.15) is 0 Å². The molecular formula is C15H17N3O. The number of nitrogens with zero attached hydrogens (tertiary/aromatic N) is 1. The molecule has 4 heteroatoms. The van der Waals surface area contributed by atoms with E-state index in [1.54, 1.807) is 0 Å². The molecule has 19 heavy (non-hydrogen) atoms. The van der Waals surface area contributed by atoms with Crippen molar-refractivity contribution in [3.8, 4) is 11.5 Å². The number of rotatable bonds is 1. The molecule has 3 N–H and O–H groups in total. The molecule has 0 saturated heterocycles. The number of nitrogens with two attached hydrogens (primary N) is 1. The molecule has 0 aliphatic carbocycles. The second-order valence-corrected chi connectivity index (χ2v) is 5.01. The minimum absolute atomic E-state index is 0.743. The molecule has 1 aliphatic rings. The average molecular weight is 255 g/mol. The Labute approximate surface area is 112 Å². The molecule has 0 atom stereocenters. The fourth-order valence-electron chi connectivity index (χ4n) is 2.13. The summed E-state index contributed by atoms with van der Waals surface area (Å²) in [7, 11) is 4.01. The maximum atomic E-state index is 5.93. The SMILES string of the molecule is Cc1cc2c(cc1N)Oc1cc(N(C)C)ccc1N2. The first-order valence-corrected chi connectivity index (χ1v) is 6.21. The molecule has 0 amide bonds. The van der Waals surface area contributed by atoms with Gasteiger partial charge in [0.05, 0.1) is 11.4 Å². The lowest BCUT2D eigenvalue weighted by Gasteiger charge is -2.24. The quantitative estimate of drug-likeness (QED) is 0.653. The van der Waals surface area contributed by atoms with Crippen LogP contribution in [0.15, 0.2) is 30.3 Å². The summed E-state index contributed by atoms with van der Waals surface area (Å²) in [6.45, 7) is 1.99. The van der Waals surface area contributed by atoms with Crippen molar-refractivity contribution in [2.24, 2.45) is 0 Å². The molecule has 3 rings (SSSR count). The Morgan fingerprint density at radius 1 is 1.05 bits per heavy atom. The van der Waals surface area contributed by atoms with Crippen LogP contribution >= 0.6 is 0 Å². The van der Waals surface area contributed by atoms with Gasteiger partial charge >= 0.3 is 0 Å². The lowest BCUT2D eigenvalue weighted by molar-refractivity contribution is 0.481. The number of fused-ring (bicyclic) bond motifs is 2. The monoisotopic (exact) mass is 255 g/mol. The lowest BCUT2D eigenvalue weighted by atomic mass is 10.1. The maximum absolute atomic E-state index is 5.93. The van der Waals surface area contributed by atoms with Gasteiger partial charge in [0, 0.05) is 37.6 Å². The van der Waals surface area contributed by atoms with E-state index in [2.05, 4.69) is 11.4 Å². The molecule has 0 radical (unpaired) electrons. The third kappa shape index (κ3) is 1.95. The summed E-state index contributed by atoms with van der Waals surface area (Å²) in [6.07, 6.45) is 0. The van der Waals surface area contributed by atoms with E-state index in [4.69, 9.17) is 10.5 Å². The number of anilines is 4. The number of nitrogens with one attached hydrogen (secondary N) is 1. The lowest BCUT2D eigenvalue weighted by Crippen LogP contribution is -2.10. The van der Waals surface area contributed by atoms with E-state index in [0.717, 1.165) is 39.8 Å². The third-order valence-electron chi connectivity index (χ3n) is 3.34. The van der Waals surface area contributed by atoms with Gasteiger partial charge in [0.2, 0.25) is 0 Å².